The zero-order chi connectivity index (χ0) is 38.1. The Bertz CT molecular complexity index is 2270. The number of para-hydroxylation sites is 1. The molecule has 0 spiro atoms. The topological polar surface area (TPSA) is 174 Å². The molecule has 2 saturated heterocycles. The van der Waals surface area contributed by atoms with Crippen LogP contribution in [0, 0.1) is 30.6 Å². The van der Waals surface area contributed by atoms with Crippen molar-refractivity contribution >= 4 is 41.0 Å². The van der Waals surface area contributed by atoms with Gasteiger partial charge in [0.1, 0.15) is 11.3 Å². The number of aromatic hydroxyl groups is 2. The van der Waals surface area contributed by atoms with E-state index in [4.69, 9.17) is 4.74 Å². The number of rotatable bonds is 8. The Labute approximate surface area is 310 Å². The number of nitrogens with zero attached hydrogens (tertiary/aromatic N) is 2. The number of allylic oxidation sites excluding steroid dienone is 2. The number of ether oxygens (including phenoxy) is 1. The lowest BCUT2D eigenvalue weighted by Crippen LogP contribution is -2.53. The molecule has 12 heteroatoms. The van der Waals surface area contributed by atoms with Crippen LogP contribution in [0.4, 0.5) is 11.4 Å². The number of fused-ring (bicyclic) bond motifs is 4. The molecule has 0 unspecified atom stereocenters. The number of hydrazine groups is 1. The van der Waals surface area contributed by atoms with Crippen molar-refractivity contribution in [3.8, 4) is 17.2 Å². The number of phenols is 2. The van der Waals surface area contributed by atoms with E-state index in [2.05, 4.69) is 5.43 Å². The number of hydrogen-bond acceptors (Lipinski definition) is 9. The van der Waals surface area contributed by atoms with Gasteiger partial charge in [-0.1, -0.05) is 71.8 Å². The van der Waals surface area contributed by atoms with Gasteiger partial charge in [-0.05, 0) is 68.5 Å². The molecule has 2 aliphatic carbocycles. The van der Waals surface area contributed by atoms with Crippen LogP contribution in [-0.4, -0.2) is 56.5 Å². The van der Waals surface area contributed by atoms with Gasteiger partial charge in [-0.15, -0.1) is 0 Å². The fourth-order valence-electron chi connectivity index (χ4n) is 9.23. The number of carboxylic acids is 1. The summed E-state index contributed by atoms with van der Waals surface area (Å²) in [6.07, 6.45) is 2.04. The van der Waals surface area contributed by atoms with Crippen molar-refractivity contribution in [3.05, 3.63) is 125 Å². The van der Waals surface area contributed by atoms with Gasteiger partial charge in [0, 0.05) is 17.5 Å². The number of imide groups is 2. The van der Waals surface area contributed by atoms with Gasteiger partial charge in [0.2, 0.25) is 11.8 Å². The Kier molecular flexibility index (Phi) is 8.28. The van der Waals surface area contributed by atoms with Crippen molar-refractivity contribution in [3.63, 3.8) is 0 Å². The molecule has 0 radical (unpaired) electrons. The Balaban J connectivity index is 1.31. The SMILES string of the molecule is CCOc1cccc([C@H]2C3=CC[C@@H]4C(=O)N(c5ccc(C(=O)O)c(O)c5)C(=O)[C@@H]4[C@@H]3C[C@H]3C(=O)N(Nc4ccc(C)cc4)C(=O)[C@@]23c2ccccc2)c1O. The van der Waals surface area contributed by atoms with E-state index in [-0.39, 0.29) is 42.2 Å². The molecule has 2 aliphatic heterocycles. The predicted molar refractivity (Wildman–Crippen MR) is 196 cm³/mol. The van der Waals surface area contributed by atoms with Crippen LogP contribution >= 0.6 is 0 Å². The summed E-state index contributed by atoms with van der Waals surface area (Å²) in [4.78, 5) is 71.3. The molecule has 4 aromatic carbocycles. The van der Waals surface area contributed by atoms with Crippen molar-refractivity contribution in [2.75, 3.05) is 16.9 Å². The number of phenolic OH excluding ortho intramolecular Hbond substituents is 1. The fourth-order valence-corrected chi connectivity index (χ4v) is 9.23. The number of benzene rings is 4. The first-order valence-corrected chi connectivity index (χ1v) is 17.8. The summed E-state index contributed by atoms with van der Waals surface area (Å²) >= 11 is 0. The molecule has 4 aliphatic rings. The molecule has 4 amide bonds. The third-order valence-electron chi connectivity index (χ3n) is 11.5. The number of carboxylic acid groups (broad SMARTS) is 1. The van der Waals surface area contributed by atoms with Crippen molar-refractivity contribution in [1.29, 1.82) is 0 Å². The van der Waals surface area contributed by atoms with E-state index in [1.54, 1.807) is 61.5 Å². The predicted octanol–water partition coefficient (Wildman–Crippen LogP) is 5.69. The van der Waals surface area contributed by atoms with Crippen LogP contribution in [0.2, 0.25) is 0 Å². The molecular weight excluding hydrogens is 690 g/mol. The monoisotopic (exact) mass is 727 g/mol. The van der Waals surface area contributed by atoms with Crippen LogP contribution in [0.5, 0.6) is 17.2 Å². The molecule has 12 nitrogen and oxygen atoms in total. The minimum Gasteiger partial charge on any atom is -0.507 e. The summed E-state index contributed by atoms with van der Waals surface area (Å²) in [5, 5.41) is 32.9. The minimum atomic E-state index is -1.59. The number of carbonyl (C=O) groups excluding carboxylic acids is 4. The Morgan fingerprint density at radius 1 is 0.889 bits per heavy atom. The van der Waals surface area contributed by atoms with Gasteiger partial charge >= 0.3 is 5.97 Å². The van der Waals surface area contributed by atoms with E-state index in [0.29, 0.717) is 22.4 Å². The zero-order valence-electron chi connectivity index (χ0n) is 29.4. The smallest absolute Gasteiger partial charge is 0.339 e. The second-order valence-electron chi connectivity index (χ2n) is 14.2. The van der Waals surface area contributed by atoms with Gasteiger partial charge in [0.15, 0.2) is 11.5 Å². The van der Waals surface area contributed by atoms with Crippen LogP contribution in [0.25, 0.3) is 0 Å². The highest BCUT2D eigenvalue weighted by Crippen LogP contribution is 2.65. The Morgan fingerprint density at radius 2 is 1.63 bits per heavy atom. The standard InChI is InChI=1S/C42H37N3O9/c1-3-54-33-11-7-10-29(36(33)47)35-26-18-19-28-34(39(50)44(37(28)48)25-16-17-27(40(51)52)32(46)20-25)30(26)21-31-38(49)45(43-24-14-12-22(2)13-15-24)41(53)42(31,35)23-8-5-4-6-9-23/h4-18,20,28,30-31,34-35,43,46-47H,3,19,21H2,1-2H3,(H,51,52)/t28-,30+,31-,34-,35+,42+/m0/s1. The lowest BCUT2D eigenvalue weighted by Gasteiger charge is -2.50. The Hall–Kier alpha value is -6.43. The summed E-state index contributed by atoms with van der Waals surface area (Å²) in [7, 11) is 0. The molecule has 4 N–H and O–H groups in total. The zero-order valence-corrected chi connectivity index (χ0v) is 29.4. The number of carbonyl (C=O) groups is 5. The first-order valence-electron chi connectivity index (χ1n) is 17.8. The van der Waals surface area contributed by atoms with Gasteiger partial charge in [-0.25, -0.2) is 9.69 Å². The highest BCUT2D eigenvalue weighted by atomic mass is 16.5. The molecule has 274 valence electrons. The van der Waals surface area contributed by atoms with Crippen LogP contribution in [0.15, 0.2) is 103 Å². The second-order valence-corrected chi connectivity index (χ2v) is 14.2. The molecular formula is C42H37N3O9. The van der Waals surface area contributed by atoms with Crippen LogP contribution < -0.4 is 15.1 Å². The molecule has 2 heterocycles. The molecule has 8 rings (SSSR count). The number of amides is 4. The molecule has 0 bridgehead atoms. The molecule has 4 aromatic rings. The molecule has 6 atom stereocenters. The van der Waals surface area contributed by atoms with Crippen molar-refractivity contribution < 1.29 is 44.0 Å². The van der Waals surface area contributed by atoms with Gasteiger partial charge in [-0.2, -0.15) is 5.01 Å². The summed E-state index contributed by atoms with van der Waals surface area (Å²) in [5.74, 6) is -8.58. The van der Waals surface area contributed by atoms with Gasteiger partial charge in [0.25, 0.3) is 11.8 Å². The first-order chi connectivity index (χ1) is 26.0. The minimum absolute atomic E-state index is 0.0251. The fraction of sp³-hybridized carbons (Fsp3) is 0.262. The largest absolute Gasteiger partial charge is 0.507 e. The molecule has 0 aromatic heterocycles. The average Bonchev–Trinajstić information content (AvgIpc) is 3.54. The Morgan fingerprint density at radius 3 is 2.31 bits per heavy atom. The van der Waals surface area contributed by atoms with Crippen molar-refractivity contribution in [2.45, 2.75) is 38.0 Å². The lowest BCUT2D eigenvalue weighted by molar-refractivity contribution is -0.138. The summed E-state index contributed by atoms with van der Waals surface area (Å²) in [5.41, 5.74) is 4.16. The third kappa shape index (κ3) is 5.00. The van der Waals surface area contributed by atoms with E-state index in [1.807, 2.05) is 31.2 Å². The van der Waals surface area contributed by atoms with Crippen LogP contribution in [0.1, 0.15) is 52.7 Å². The van der Waals surface area contributed by atoms with Crippen LogP contribution in [0.3, 0.4) is 0 Å². The third-order valence-corrected chi connectivity index (χ3v) is 11.5. The summed E-state index contributed by atoms with van der Waals surface area (Å²) < 4.78 is 5.80. The molecule has 1 saturated carbocycles. The van der Waals surface area contributed by atoms with Gasteiger partial charge < -0.3 is 20.1 Å². The number of aromatic carboxylic acids is 1. The lowest BCUT2D eigenvalue weighted by atomic mass is 9.49. The van der Waals surface area contributed by atoms with E-state index in [0.717, 1.165) is 27.6 Å². The highest BCUT2D eigenvalue weighted by molar-refractivity contribution is 6.23. The van der Waals surface area contributed by atoms with Crippen LogP contribution in [-0.2, 0) is 24.6 Å². The molecule has 3 fully saturated rings. The second kappa shape index (κ2) is 12.9. The maximum atomic E-state index is 15.3. The van der Waals surface area contributed by atoms with Crippen molar-refractivity contribution in [1.82, 2.24) is 5.01 Å². The average molecular weight is 728 g/mol. The normalized spacial score (nSPS) is 25.9. The summed E-state index contributed by atoms with van der Waals surface area (Å²) in [6, 6.07) is 24.8. The van der Waals surface area contributed by atoms with Gasteiger partial charge in [0.05, 0.1) is 41.2 Å². The number of hydrogen-bond donors (Lipinski definition) is 4. The van der Waals surface area contributed by atoms with Gasteiger partial charge in [-0.3, -0.25) is 24.6 Å². The maximum absolute atomic E-state index is 15.3. The van der Waals surface area contributed by atoms with E-state index >= 15 is 4.79 Å². The van der Waals surface area contributed by atoms with E-state index in [9.17, 15) is 34.5 Å². The quantitative estimate of drug-likeness (QED) is 0.130. The van der Waals surface area contributed by atoms with E-state index < -0.39 is 70.4 Å². The van der Waals surface area contributed by atoms with E-state index in [1.165, 1.54) is 6.07 Å². The number of nitrogens with one attached hydrogen (secondary N) is 1. The maximum Gasteiger partial charge on any atom is 0.339 e. The first kappa shape index (κ1) is 34.6. The van der Waals surface area contributed by atoms with Crippen molar-refractivity contribution in [2.24, 2.45) is 23.7 Å². The number of aryl methyl sites for hydroxylation is 1. The summed E-state index contributed by atoms with van der Waals surface area (Å²) in [6.45, 7) is 3.96. The number of anilines is 2. The molecule has 54 heavy (non-hydrogen) atoms. The highest BCUT2D eigenvalue weighted by Gasteiger charge is 2.70.